The van der Waals surface area contributed by atoms with Gasteiger partial charge in [-0.3, -0.25) is 14.6 Å². The second kappa shape index (κ2) is 20.5. The average Bonchev–Trinajstić information content (AvgIpc) is 3.04. The molecule has 0 saturated heterocycles. The van der Waals surface area contributed by atoms with Crippen LogP contribution < -0.4 is 19.5 Å². The smallest absolute Gasteiger partial charge is 0.265 e. The van der Waals surface area contributed by atoms with Gasteiger partial charge in [0.15, 0.2) is 11.9 Å². The summed E-state index contributed by atoms with van der Waals surface area (Å²) in [4.78, 5) is 13.0. The Kier molecular flexibility index (Phi) is 16.5. The lowest BCUT2D eigenvalue weighted by Gasteiger charge is -2.18. The Morgan fingerprint density at radius 1 is 0.723 bits per heavy atom. The minimum atomic E-state index is -3.50. The quantitative estimate of drug-likeness (QED) is 0.0979. The molecular formula is C38H53N2O6S. The molecule has 1 unspecified atom stereocenters. The first-order chi connectivity index (χ1) is 22.7. The maximum atomic E-state index is 13.0. The van der Waals surface area contributed by atoms with Crippen molar-refractivity contribution in [1.29, 1.82) is 0 Å². The van der Waals surface area contributed by atoms with Crippen molar-refractivity contribution in [2.24, 2.45) is 0 Å². The van der Waals surface area contributed by atoms with Gasteiger partial charge in [-0.1, -0.05) is 103 Å². The summed E-state index contributed by atoms with van der Waals surface area (Å²) in [5.74, 6) is 0.373. The zero-order valence-electron chi connectivity index (χ0n) is 28.4. The lowest BCUT2D eigenvalue weighted by molar-refractivity contribution is -0.122. The number of hydrogen-bond acceptors (Lipinski definition) is 5. The van der Waals surface area contributed by atoms with E-state index in [4.69, 9.17) is 9.47 Å². The Labute approximate surface area is 282 Å². The summed E-state index contributed by atoms with van der Waals surface area (Å²) in [7, 11) is -3.50. The number of amides is 1. The fraction of sp³-hybridized carbons (Fsp3) is 0.500. The van der Waals surface area contributed by atoms with Crippen molar-refractivity contribution >= 4 is 27.3 Å². The topological polar surface area (TPSA) is 114 Å². The van der Waals surface area contributed by atoms with Crippen LogP contribution in [0.1, 0.15) is 109 Å². The van der Waals surface area contributed by atoms with Crippen LogP contribution in [0.2, 0.25) is 0 Å². The third-order valence-corrected chi connectivity index (χ3v) is 8.61. The first-order valence-electron chi connectivity index (χ1n) is 17.3. The van der Waals surface area contributed by atoms with Gasteiger partial charge in [0.05, 0.1) is 11.9 Å². The van der Waals surface area contributed by atoms with Crippen molar-refractivity contribution in [1.82, 2.24) is 0 Å². The predicted molar refractivity (Wildman–Crippen MR) is 191 cm³/mol. The van der Waals surface area contributed by atoms with Crippen molar-refractivity contribution in [3.8, 4) is 23.0 Å². The van der Waals surface area contributed by atoms with Crippen LogP contribution in [0, 0.1) is 0 Å². The van der Waals surface area contributed by atoms with Gasteiger partial charge in [-0.25, -0.2) is 8.42 Å². The summed E-state index contributed by atoms with van der Waals surface area (Å²) in [6.45, 7) is 4.18. The van der Waals surface area contributed by atoms with Crippen LogP contribution in [0.25, 0.3) is 0 Å². The molecule has 1 amide bonds. The summed E-state index contributed by atoms with van der Waals surface area (Å²) in [6, 6.07) is 18.5. The van der Waals surface area contributed by atoms with Crippen LogP contribution in [0.3, 0.4) is 0 Å². The molecule has 0 bridgehead atoms. The molecule has 0 aliphatic carbocycles. The second-order valence-electron chi connectivity index (χ2n) is 12.3. The molecule has 0 aliphatic rings. The number of nitrogens with one attached hydrogen (secondary N) is 2. The second-order valence-corrected chi connectivity index (χ2v) is 14.1. The highest BCUT2D eigenvalue weighted by molar-refractivity contribution is 7.92. The molecular weight excluding hydrogens is 612 g/mol. The van der Waals surface area contributed by atoms with Crippen LogP contribution in [0.4, 0.5) is 11.4 Å². The first-order valence-corrected chi connectivity index (χ1v) is 19.2. The SMILES string of the molecule is CCCCCCCCCCCCCCCc1cccc(OC(CC)C(=O)Nc2ccc(Oc3cc(NS(C)(=O)=O)ccc3[O])cc2)c1. The van der Waals surface area contributed by atoms with E-state index in [0.717, 1.165) is 19.1 Å². The van der Waals surface area contributed by atoms with Crippen LogP contribution in [0.5, 0.6) is 23.0 Å². The first kappa shape index (κ1) is 37.7. The molecule has 0 heterocycles. The van der Waals surface area contributed by atoms with E-state index in [9.17, 15) is 18.3 Å². The zero-order chi connectivity index (χ0) is 33.9. The predicted octanol–water partition coefficient (Wildman–Crippen LogP) is 10.4. The van der Waals surface area contributed by atoms with Crippen molar-refractivity contribution < 1.29 is 27.8 Å². The van der Waals surface area contributed by atoms with Crippen molar-refractivity contribution in [3.05, 3.63) is 72.3 Å². The maximum Gasteiger partial charge on any atom is 0.265 e. The van der Waals surface area contributed by atoms with Gasteiger partial charge in [0, 0.05) is 11.8 Å². The number of rotatable bonds is 23. The molecule has 257 valence electrons. The number of carbonyl (C=O) groups excluding carboxylic acids is 1. The summed E-state index contributed by atoms with van der Waals surface area (Å²) in [5, 5.41) is 15.1. The number of benzene rings is 3. The number of ether oxygens (including phenoxy) is 2. The number of carbonyl (C=O) groups is 1. The summed E-state index contributed by atoms with van der Waals surface area (Å²) < 4.78 is 37.1. The van der Waals surface area contributed by atoms with Gasteiger partial charge in [-0.2, -0.15) is 0 Å². The Hall–Kier alpha value is -3.72. The molecule has 0 saturated carbocycles. The van der Waals surface area contributed by atoms with Crippen molar-refractivity contribution in [3.63, 3.8) is 0 Å². The summed E-state index contributed by atoms with van der Waals surface area (Å²) >= 11 is 0. The molecule has 3 aromatic carbocycles. The van der Waals surface area contributed by atoms with E-state index in [2.05, 4.69) is 23.0 Å². The molecule has 0 fully saturated rings. The van der Waals surface area contributed by atoms with Crippen molar-refractivity contribution in [2.75, 3.05) is 16.3 Å². The van der Waals surface area contributed by atoms with Crippen molar-refractivity contribution in [2.45, 2.75) is 116 Å². The molecule has 3 aromatic rings. The molecule has 9 heteroatoms. The highest BCUT2D eigenvalue weighted by Crippen LogP contribution is 2.34. The number of hydrogen-bond donors (Lipinski definition) is 2. The Morgan fingerprint density at radius 2 is 1.32 bits per heavy atom. The van der Waals surface area contributed by atoms with E-state index in [0.29, 0.717) is 23.6 Å². The molecule has 0 aromatic heterocycles. The number of aryl methyl sites for hydroxylation is 1. The zero-order valence-corrected chi connectivity index (χ0v) is 29.2. The maximum absolute atomic E-state index is 13.0. The molecule has 2 N–H and O–H groups in total. The molecule has 8 nitrogen and oxygen atoms in total. The van der Waals surface area contributed by atoms with Gasteiger partial charge in [-0.15, -0.1) is 0 Å². The highest BCUT2D eigenvalue weighted by Gasteiger charge is 2.19. The van der Waals surface area contributed by atoms with E-state index in [1.165, 1.54) is 101 Å². The lowest BCUT2D eigenvalue weighted by Crippen LogP contribution is -2.32. The fourth-order valence-corrected chi connectivity index (χ4v) is 5.98. The van der Waals surface area contributed by atoms with E-state index >= 15 is 0 Å². The molecule has 0 spiro atoms. The minimum absolute atomic E-state index is 0.0220. The van der Waals surface area contributed by atoms with E-state index < -0.39 is 21.9 Å². The van der Waals surface area contributed by atoms with Crippen LogP contribution in [-0.2, 0) is 26.3 Å². The van der Waals surface area contributed by atoms with Gasteiger partial charge in [0.2, 0.25) is 15.8 Å². The lowest BCUT2D eigenvalue weighted by atomic mass is 10.0. The van der Waals surface area contributed by atoms with Crippen LogP contribution >= 0.6 is 0 Å². The Morgan fingerprint density at radius 3 is 1.91 bits per heavy atom. The minimum Gasteiger partial charge on any atom is -0.481 e. The van der Waals surface area contributed by atoms with Gasteiger partial charge in [-0.05, 0) is 73.4 Å². The standard InChI is InChI=1S/C38H53N2O6S/c1-4-6-7-8-9-10-11-12-13-14-15-16-17-19-30-20-18-21-34(28-30)46-36(5-2)38(42)39-31-22-25-33(26-23-31)45-37-29-32(24-27-35(37)41)40-47(3,43)44/h18,20-29,36,40H,4-17,19H2,1-3H3,(H,39,42). The van der Waals surface area contributed by atoms with Crippen LogP contribution in [-0.4, -0.2) is 26.7 Å². The molecule has 3 rings (SSSR count). The highest BCUT2D eigenvalue weighted by atomic mass is 32.2. The monoisotopic (exact) mass is 665 g/mol. The molecule has 1 atom stereocenters. The van der Waals surface area contributed by atoms with Gasteiger partial charge < -0.3 is 14.8 Å². The largest absolute Gasteiger partial charge is 0.481 e. The number of unbranched alkanes of at least 4 members (excludes halogenated alkanes) is 12. The van der Waals surface area contributed by atoms with E-state index in [1.54, 1.807) is 24.3 Å². The third kappa shape index (κ3) is 15.2. The Bertz CT molecular complexity index is 1460. The van der Waals surface area contributed by atoms with Gasteiger partial charge in [0.1, 0.15) is 11.5 Å². The van der Waals surface area contributed by atoms with Gasteiger partial charge >= 0.3 is 0 Å². The molecule has 0 aliphatic heterocycles. The molecule has 1 radical (unpaired) electrons. The average molecular weight is 666 g/mol. The van der Waals surface area contributed by atoms with Gasteiger partial charge in [0.25, 0.3) is 5.91 Å². The van der Waals surface area contributed by atoms with E-state index in [1.807, 2.05) is 25.1 Å². The molecule has 47 heavy (non-hydrogen) atoms. The number of sulfonamides is 1. The summed E-state index contributed by atoms with van der Waals surface area (Å²) in [6.07, 6.45) is 19.2. The van der Waals surface area contributed by atoms with Crippen LogP contribution in [0.15, 0.2) is 66.7 Å². The third-order valence-electron chi connectivity index (χ3n) is 8.01. The number of anilines is 2. The Balaban J connectivity index is 1.39. The normalized spacial score (nSPS) is 12.0. The summed E-state index contributed by atoms with van der Waals surface area (Å²) in [5.41, 5.74) is 1.99. The van der Waals surface area contributed by atoms with E-state index in [-0.39, 0.29) is 17.3 Å². The fourth-order valence-electron chi connectivity index (χ4n) is 5.43.